The third-order valence-corrected chi connectivity index (χ3v) is 5.60. The van der Waals surface area contributed by atoms with Crippen LogP contribution in [0.4, 0.5) is 17.6 Å². The molecule has 1 aliphatic heterocycles. The lowest BCUT2D eigenvalue weighted by molar-refractivity contribution is -0.437. The average molecular weight is 444 g/mol. The number of benzene rings is 1. The van der Waals surface area contributed by atoms with E-state index < -0.39 is 28.1 Å². The van der Waals surface area contributed by atoms with E-state index in [0.717, 1.165) is 37.9 Å². The maximum absolute atomic E-state index is 13.5. The summed E-state index contributed by atoms with van der Waals surface area (Å²) in [7, 11) is 0. The summed E-state index contributed by atoms with van der Waals surface area (Å²) >= 11 is 0. The summed E-state index contributed by atoms with van der Waals surface area (Å²) in [5.41, 5.74) is 9.25. The lowest BCUT2D eigenvalue weighted by Crippen LogP contribution is -2.64. The molecule has 0 saturated heterocycles. The van der Waals surface area contributed by atoms with Crippen LogP contribution in [0.15, 0.2) is 35.1 Å². The quantitative estimate of drug-likeness (QED) is 0.314. The van der Waals surface area contributed by atoms with Crippen molar-refractivity contribution in [3.05, 3.63) is 57.2 Å². The van der Waals surface area contributed by atoms with Crippen LogP contribution < -0.4 is 22.1 Å². The molecule has 2 aliphatic rings. The van der Waals surface area contributed by atoms with Crippen LogP contribution in [-0.4, -0.2) is 22.6 Å². The van der Waals surface area contributed by atoms with Crippen LogP contribution in [0.5, 0.6) is 0 Å². The van der Waals surface area contributed by atoms with Gasteiger partial charge in [0.05, 0.1) is 23.2 Å². The predicted molar refractivity (Wildman–Crippen MR) is 105 cm³/mol. The Hall–Kier alpha value is -2.73. The predicted octanol–water partition coefficient (Wildman–Crippen LogP) is 2.57. The fourth-order valence-corrected chi connectivity index (χ4v) is 3.94. The van der Waals surface area contributed by atoms with Crippen molar-refractivity contribution in [3.63, 3.8) is 0 Å². The highest BCUT2D eigenvalue weighted by Crippen LogP contribution is 2.33. The van der Waals surface area contributed by atoms with Crippen LogP contribution in [-0.2, 0) is 12.7 Å². The van der Waals surface area contributed by atoms with Crippen LogP contribution in [0.25, 0.3) is 0 Å². The van der Waals surface area contributed by atoms with Gasteiger partial charge in [-0.2, -0.15) is 13.2 Å². The smallest absolute Gasteiger partial charge is 0.329 e. The minimum atomic E-state index is -4.83. The van der Waals surface area contributed by atoms with Gasteiger partial charge in [0, 0.05) is 6.04 Å². The molecule has 31 heavy (non-hydrogen) atoms. The Kier molecular flexibility index (Phi) is 6.51. The van der Waals surface area contributed by atoms with Crippen molar-refractivity contribution in [1.82, 2.24) is 10.6 Å². The first-order valence-corrected chi connectivity index (χ1v) is 9.82. The van der Waals surface area contributed by atoms with Crippen LogP contribution in [0, 0.1) is 21.8 Å². The third-order valence-electron chi connectivity index (χ3n) is 5.60. The molecule has 1 fully saturated rings. The molecule has 3 rings (SSSR count). The van der Waals surface area contributed by atoms with Gasteiger partial charge in [-0.25, -0.2) is 9.38 Å². The number of nitrogens with one attached hydrogen (secondary N) is 2. The Balaban J connectivity index is 1.77. The van der Waals surface area contributed by atoms with Gasteiger partial charge in [-0.05, 0) is 55.7 Å². The molecule has 1 unspecified atom stereocenters. The van der Waals surface area contributed by atoms with Crippen LogP contribution >= 0.6 is 0 Å². The second-order valence-corrected chi connectivity index (χ2v) is 7.99. The van der Waals surface area contributed by atoms with E-state index in [4.69, 9.17) is 11.5 Å². The minimum Gasteiger partial charge on any atom is -0.329 e. The Bertz CT molecular complexity index is 896. The summed E-state index contributed by atoms with van der Waals surface area (Å²) in [6.45, 7) is -0.214. The molecule has 1 atom stereocenters. The maximum atomic E-state index is 13.5. The van der Waals surface area contributed by atoms with E-state index in [1.54, 1.807) is 0 Å². The number of hydrogen-bond acceptors (Lipinski definition) is 5. The molecule has 8 nitrogen and oxygen atoms in total. The zero-order chi connectivity index (χ0) is 22.8. The summed E-state index contributed by atoms with van der Waals surface area (Å²) in [6, 6.07) is 2.72. The van der Waals surface area contributed by atoms with Crippen LogP contribution in [0.3, 0.4) is 0 Å². The number of nitrogens with zero attached hydrogens (tertiary/aromatic N) is 2. The summed E-state index contributed by atoms with van der Waals surface area (Å²) in [5, 5.41) is 16.9. The van der Waals surface area contributed by atoms with Gasteiger partial charge in [0.25, 0.3) is 0 Å². The molecule has 1 aromatic rings. The van der Waals surface area contributed by atoms with Gasteiger partial charge in [0.15, 0.2) is 11.6 Å². The molecule has 1 heterocycles. The summed E-state index contributed by atoms with van der Waals surface area (Å²) in [4.78, 5) is 15.0. The molecular formula is C19H24F4N6O2. The number of hydrogen-bond donors (Lipinski definition) is 4. The lowest BCUT2D eigenvalue weighted by Gasteiger charge is -2.37. The fourth-order valence-electron chi connectivity index (χ4n) is 3.94. The van der Waals surface area contributed by atoms with E-state index in [-0.39, 0.29) is 42.1 Å². The SMILES string of the molecule is NC1CCC(CC2(N)NC(=NCc3ccc(F)c(C(F)(F)F)c3)NC=C2[N+](=O)[O-])CC1. The van der Waals surface area contributed by atoms with Gasteiger partial charge in [0.1, 0.15) is 5.82 Å². The second-order valence-electron chi connectivity index (χ2n) is 7.99. The molecule has 0 bridgehead atoms. The fraction of sp³-hybridized carbons (Fsp3) is 0.526. The first-order valence-electron chi connectivity index (χ1n) is 9.82. The number of guanidine groups is 1. The Morgan fingerprint density at radius 2 is 1.94 bits per heavy atom. The first-order chi connectivity index (χ1) is 14.5. The molecule has 0 spiro atoms. The lowest BCUT2D eigenvalue weighted by atomic mass is 9.80. The van der Waals surface area contributed by atoms with E-state index in [9.17, 15) is 27.7 Å². The topological polar surface area (TPSA) is 132 Å². The Morgan fingerprint density at radius 1 is 1.26 bits per heavy atom. The molecule has 170 valence electrons. The molecule has 12 heteroatoms. The van der Waals surface area contributed by atoms with Crippen LogP contribution in [0.1, 0.15) is 43.2 Å². The van der Waals surface area contributed by atoms with Crippen molar-refractivity contribution in [1.29, 1.82) is 0 Å². The Labute approximate surface area is 175 Å². The van der Waals surface area contributed by atoms with E-state index in [2.05, 4.69) is 15.6 Å². The number of nitrogens with two attached hydrogens (primary N) is 2. The van der Waals surface area contributed by atoms with Crippen molar-refractivity contribution in [2.45, 2.75) is 56.5 Å². The summed E-state index contributed by atoms with van der Waals surface area (Å²) < 4.78 is 52.1. The highest BCUT2D eigenvalue weighted by Gasteiger charge is 2.44. The highest BCUT2D eigenvalue weighted by atomic mass is 19.4. The number of aliphatic imine (C=N–C) groups is 1. The maximum Gasteiger partial charge on any atom is 0.419 e. The Morgan fingerprint density at radius 3 is 2.55 bits per heavy atom. The molecule has 0 aromatic heterocycles. The number of halogens is 4. The van der Waals surface area contributed by atoms with Gasteiger partial charge >= 0.3 is 11.9 Å². The van der Waals surface area contributed by atoms with Gasteiger partial charge < -0.3 is 16.4 Å². The van der Waals surface area contributed by atoms with Gasteiger partial charge in [0.2, 0.25) is 0 Å². The van der Waals surface area contributed by atoms with Crippen molar-refractivity contribution >= 4 is 5.96 Å². The van der Waals surface area contributed by atoms with E-state index in [1.807, 2.05) is 0 Å². The van der Waals surface area contributed by atoms with E-state index in [0.29, 0.717) is 6.07 Å². The minimum absolute atomic E-state index is 0.0819. The van der Waals surface area contributed by atoms with Crippen molar-refractivity contribution in [2.24, 2.45) is 22.4 Å². The van der Waals surface area contributed by atoms with Gasteiger partial charge in [-0.1, -0.05) is 6.07 Å². The number of nitro groups is 1. The number of alkyl halides is 3. The largest absolute Gasteiger partial charge is 0.419 e. The van der Waals surface area contributed by atoms with Crippen molar-refractivity contribution < 1.29 is 22.5 Å². The first kappa shape index (κ1) is 22.9. The molecule has 1 aromatic carbocycles. The number of rotatable bonds is 5. The monoisotopic (exact) mass is 444 g/mol. The third kappa shape index (κ3) is 5.50. The normalized spacial score (nSPS) is 27.9. The molecular weight excluding hydrogens is 420 g/mol. The van der Waals surface area contributed by atoms with Crippen molar-refractivity contribution in [3.8, 4) is 0 Å². The van der Waals surface area contributed by atoms with E-state index >= 15 is 0 Å². The zero-order valence-electron chi connectivity index (χ0n) is 16.6. The standard InChI is InChI=1S/C19H24F4N6O2/c20-15-6-3-12(7-14(15)19(21,22)23)9-26-17-27-10-16(29(30)31)18(25,28-17)8-11-1-4-13(24)5-2-11/h3,6-7,10-11,13H,1-2,4-5,8-9,24-25H2,(H2,26,27,28). The van der Waals surface area contributed by atoms with Crippen LogP contribution in [0.2, 0.25) is 0 Å². The second kappa shape index (κ2) is 8.79. The summed E-state index contributed by atoms with van der Waals surface area (Å²) in [6.07, 6.45) is -0.206. The van der Waals surface area contributed by atoms with Gasteiger partial charge in [-0.15, -0.1) is 0 Å². The molecule has 0 radical (unpaired) electrons. The summed E-state index contributed by atoms with van der Waals surface area (Å²) in [5.74, 6) is -1.16. The molecule has 0 amide bonds. The zero-order valence-corrected chi connectivity index (χ0v) is 16.6. The molecule has 6 N–H and O–H groups in total. The molecule has 1 aliphatic carbocycles. The van der Waals surface area contributed by atoms with Crippen molar-refractivity contribution in [2.75, 3.05) is 0 Å². The van der Waals surface area contributed by atoms with Gasteiger partial charge in [-0.3, -0.25) is 15.8 Å². The highest BCUT2D eigenvalue weighted by molar-refractivity contribution is 5.83. The van der Waals surface area contributed by atoms with E-state index in [1.165, 1.54) is 6.07 Å². The average Bonchev–Trinajstić information content (AvgIpc) is 2.68. The molecule has 1 saturated carbocycles.